The summed E-state index contributed by atoms with van der Waals surface area (Å²) in [7, 11) is 0. The number of likely N-dealkylation sites (N-methyl/N-ethyl adjacent to an activating group) is 1. The predicted molar refractivity (Wildman–Crippen MR) is 70.2 cm³/mol. The zero-order chi connectivity index (χ0) is 13.7. The lowest BCUT2D eigenvalue weighted by molar-refractivity contribution is 0.240. The van der Waals surface area contributed by atoms with Gasteiger partial charge in [-0.3, -0.25) is 0 Å². The molecule has 0 saturated carbocycles. The molecule has 0 bridgehead atoms. The van der Waals surface area contributed by atoms with Crippen LogP contribution < -0.4 is 5.73 Å². The lowest BCUT2D eigenvalue weighted by Gasteiger charge is -2.26. The van der Waals surface area contributed by atoms with Crippen LogP contribution in [0.3, 0.4) is 0 Å². The van der Waals surface area contributed by atoms with E-state index in [4.69, 9.17) is 5.73 Å². The Morgan fingerprint density at radius 3 is 2.44 bits per heavy atom. The number of nitrogens with two attached hydrogens (primary N) is 1. The summed E-state index contributed by atoms with van der Waals surface area (Å²) in [6, 6.07) is 2.92. The molecule has 0 radical (unpaired) electrons. The minimum Gasteiger partial charge on any atom is -0.323 e. The van der Waals surface area contributed by atoms with E-state index in [9.17, 15) is 8.78 Å². The van der Waals surface area contributed by atoms with Gasteiger partial charge in [-0.2, -0.15) is 0 Å². The molecule has 1 rings (SSSR count). The summed E-state index contributed by atoms with van der Waals surface area (Å²) in [6.45, 7) is 8.57. The van der Waals surface area contributed by atoms with Crippen molar-refractivity contribution in [2.45, 2.75) is 26.8 Å². The van der Waals surface area contributed by atoms with Crippen LogP contribution in [0.2, 0.25) is 0 Å². The highest BCUT2D eigenvalue weighted by molar-refractivity contribution is 5.22. The van der Waals surface area contributed by atoms with Gasteiger partial charge in [0.25, 0.3) is 0 Å². The highest BCUT2D eigenvalue weighted by Gasteiger charge is 2.16. The standard InChI is InChI=1S/C14H22F2N2/c1-4-18(8-10(2)3)9-14(17)12-7-11(15)5-6-13(12)16/h5-7,10,14H,4,8-9,17H2,1-3H3. The van der Waals surface area contributed by atoms with Crippen molar-refractivity contribution < 1.29 is 8.78 Å². The van der Waals surface area contributed by atoms with Crippen molar-refractivity contribution in [1.82, 2.24) is 4.90 Å². The van der Waals surface area contributed by atoms with Gasteiger partial charge < -0.3 is 10.6 Å². The van der Waals surface area contributed by atoms with Crippen molar-refractivity contribution in [2.75, 3.05) is 19.6 Å². The molecule has 102 valence electrons. The summed E-state index contributed by atoms with van der Waals surface area (Å²) in [5, 5.41) is 0. The van der Waals surface area contributed by atoms with E-state index in [0.29, 0.717) is 12.5 Å². The third-order valence-electron chi connectivity index (χ3n) is 2.88. The molecule has 18 heavy (non-hydrogen) atoms. The van der Waals surface area contributed by atoms with Crippen LogP contribution in [0.5, 0.6) is 0 Å². The van der Waals surface area contributed by atoms with E-state index in [1.165, 1.54) is 6.07 Å². The molecule has 0 saturated heterocycles. The molecule has 1 unspecified atom stereocenters. The molecule has 1 aromatic carbocycles. The lowest BCUT2D eigenvalue weighted by atomic mass is 10.1. The minimum absolute atomic E-state index is 0.247. The van der Waals surface area contributed by atoms with Crippen molar-refractivity contribution in [3.05, 3.63) is 35.4 Å². The Kier molecular flexibility index (Phi) is 5.69. The highest BCUT2D eigenvalue weighted by Crippen LogP contribution is 2.18. The average molecular weight is 256 g/mol. The van der Waals surface area contributed by atoms with Crippen molar-refractivity contribution in [3.8, 4) is 0 Å². The fraction of sp³-hybridized carbons (Fsp3) is 0.571. The second kappa shape index (κ2) is 6.81. The van der Waals surface area contributed by atoms with Crippen LogP contribution in [0.15, 0.2) is 18.2 Å². The van der Waals surface area contributed by atoms with Crippen molar-refractivity contribution in [2.24, 2.45) is 11.7 Å². The van der Waals surface area contributed by atoms with Crippen molar-refractivity contribution in [1.29, 1.82) is 0 Å². The van der Waals surface area contributed by atoms with Gasteiger partial charge in [0, 0.05) is 24.7 Å². The smallest absolute Gasteiger partial charge is 0.128 e. The molecular weight excluding hydrogens is 234 g/mol. The molecule has 2 N–H and O–H groups in total. The van der Waals surface area contributed by atoms with E-state index in [2.05, 4.69) is 18.7 Å². The molecule has 0 heterocycles. The maximum Gasteiger partial charge on any atom is 0.128 e. The third-order valence-corrected chi connectivity index (χ3v) is 2.88. The Hall–Kier alpha value is -1.00. The molecule has 2 nitrogen and oxygen atoms in total. The average Bonchev–Trinajstić information content (AvgIpc) is 2.30. The number of rotatable bonds is 6. The first-order chi connectivity index (χ1) is 8.43. The summed E-state index contributed by atoms with van der Waals surface area (Å²) in [4.78, 5) is 2.15. The van der Waals surface area contributed by atoms with Gasteiger partial charge in [0.15, 0.2) is 0 Å². The summed E-state index contributed by atoms with van der Waals surface area (Å²) < 4.78 is 26.7. The van der Waals surface area contributed by atoms with Crippen LogP contribution in [0.25, 0.3) is 0 Å². The molecule has 0 aliphatic carbocycles. The van der Waals surface area contributed by atoms with Gasteiger partial charge in [0.1, 0.15) is 11.6 Å². The summed E-state index contributed by atoms with van der Waals surface area (Å²) >= 11 is 0. The van der Waals surface area contributed by atoms with E-state index in [1.54, 1.807) is 0 Å². The predicted octanol–water partition coefficient (Wildman–Crippen LogP) is 2.94. The number of nitrogens with zero attached hydrogens (tertiary/aromatic N) is 1. The van der Waals surface area contributed by atoms with Crippen molar-refractivity contribution in [3.63, 3.8) is 0 Å². The Morgan fingerprint density at radius 1 is 1.22 bits per heavy atom. The second-order valence-electron chi connectivity index (χ2n) is 5.02. The fourth-order valence-electron chi connectivity index (χ4n) is 2.02. The van der Waals surface area contributed by atoms with Gasteiger partial charge in [-0.1, -0.05) is 20.8 Å². The summed E-state index contributed by atoms with van der Waals surface area (Å²) in [5.41, 5.74) is 6.22. The molecule has 0 aliphatic heterocycles. The normalized spacial score (nSPS) is 13.3. The fourth-order valence-corrected chi connectivity index (χ4v) is 2.02. The molecular formula is C14H22F2N2. The van der Waals surface area contributed by atoms with Crippen LogP contribution in [-0.2, 0) is 0 Å². The van der Waals surface area contributed by atoms with Gasteiger partial charge in [0.2, 0.25) is 0 Å². The largest absolute Gasteiger partial charge is 0.323 e. The second-order valence-corrected chi connectivity index (χ2v) is 5.02. The van der Waals surface area contributed by atoms with E-state index < -0.39 is 17.7 Å². The van der Waals surface area contributed by atoms with E-state index in [-0.39, 0.29) is 5.56 Å². The minimum atomic E-state index is -0.501. The van der Waals surface area contributed by atoms with E-state index >= 15 is 0 Å². The first-order valence-corrected chi connectivity index (χ1v) is 6.36. The molecule has 0 spiro atoms. The van der Waals surface area contributed by atoms with E-state index in [0.717, 1.165) is 25.2 Å². The number of hydrogen-bond donors (Lipinski definition) is 1. The SMILES string of the molecule is CCN(CC(C)C)CC(N)c1cc(F)ccc1F. The van der Waals surface area contributed by atoms with Gasteiger partial charge in [-0.05, 0) is 30.7 Å². The Bertz CT molecular complexity index is 380. The zero-order valence-electron chi connectivity index (χ0n) is 11.3. The first kappa shape index (κ1) is 15.1. The first-order valence-electron chi connectivity index (χ1n) is 6.36. The molecule has 0 amide bonds. The Labute approximate surface area is 108 Å². The Balaban J connectivity index is 2.74. The van der Waals surface area contributed by atoms with Gasteiger partial charge in [-0.25, -0.2) is 8.78 Å². The number of hydrogen-bond acceptors (Lipinski definition) is 2. The Morgan fingerprint density at radius 2 is 1.89 bits per heavy atom. The molecule has 4 heteroatoms. The molecule has 1 aromatic rings. The van der Waals surface area contributed by atoms with Crippen LogP contribution in [0, 0.1) is 17.6 Å². The third kappa shape index (κ3) is 4.35. The molecule has 0 aliphatic rings. The lowest BCUT2D eigenvalue weighted by Crippen LogP contribution is -2.35. The maximum absolute atomic E-state index is 13.6. The summed E-state index contributed by atoms with van der Waals surface area (Å²) in [5.74, 6) is -0.368. The molecule has 1 atom stereocenters. The van der Waals surface area contributed by atoms with Crippen LogP contribution >= 0.6 is 0 Å². The number of benzene rings is 1. The number of halogens is 2. The van der Waals surface area contributed by atoms with Gasteiger partial charge >= 0.3 is 0 Å². The van der Waals surface area contributed by atoms with Gasteiger partial charge in [0.05, 0.1) is 0 Å². The van der Waals surface area contributed by atoms with Crippen LogP contribution in [0.1, 0.15) is 32.4 Å². The zero-order valence-corrected chi connectivity index (χ0v) is 11.3. The maximum atomic E-state index is 13.6. The monoisotopic (exact) mass is 256 g/mol. The van der Waals surface area contributed by atoms with Crippen molar-refractivity contribution >= 4 is 0 Å². The van der Waals surface area contributed by atoms with Crippen LogP contribution in [0.4, 0.5) is 8.78 Å². The topological polar surface area (TPSA) is 29.3 Å². The molecule has 0 fully saturated rings. The summed E-state index contributed by atoms with van der Waals surface area (Å²) in [6.07, 6.45) is 0. The quantitative estimate of drug-likeness (QED) is 0.848. The molecule has 0 aromatic heterocycles. The van der Waals surface area contributed by atoms with E-state index in [1.807, 2.05) is 6.92 Å². The van der Waals surface area contributed by atoms with Crippen LogP contribution in [-0.4, -0.2) is 24.5 Å². The highest BCUT2D eigenvalue weighted by atomic mass is 19.1. The van der Waals surface area contributed by atoms with Gasteiger partial charge in [-0.15, -0.1) is 0 Å².